The van der Waals surface area contributed by atoms with E-state index < -0.39 is 20.6 Å². The maximum absolute atomic E-state index is 2.79. The molecule has 0 saturated carbocycles. The van der Waals surface area contributed by atoms with Gasteiger partial charge in [-0.1, -0.05) is 0 Å². The average molecular weight is 319 g/mol. The molecule has 1 radical (unpaired) electrons. The van der Waals surface area contributed by atoms with Crippen molar-refractivity contribution in [1.29, 1.82) is 0 Å². The van der Waals surface area contributed by atoms with Crippen LogP contribution in [-0.2, 0) is 0 Å². The third-order valence-corrected chi connectivity index (χ3v) is 12.6. The molecule has 89 valence electrons. The second kappa shape index (κ2) is 5.34. The summed E-state index contributed by atoms with van der Waals surface area (Å²) in [6, 6.07) is 1.42. The molecule has 0 aromatic heterocycles. The Labute approximate surface area is 103 Å². The van der Waals surface area contributed by atoms with E-state index in [0.29, 0.717) is 18.2 Å². The number of rotatable bonds is 4. The van der Waals surface area contributed by atoms with Gasteiger partial charge in [0.1, 0.15) is 0 Å². The SMILES string of the molecule is CCC1[N](C(C)C)[Sn]([N](C)C)[N]1C(C)C. The maximum atomic E-state index is 2.79. The van der Waals surface area contributed by atoms with Crippen molar-refractivity contribution in [3.05, 3.63) is 0 Å². The number of hydrogen-bond acceptors (Lipinski definition) is 3. The van der Waals surface area contributed by atoms with Gasteiger partial charge < -0.3 is 0 Å². The van der Waals surface area contributed by atoms with Gasteiger partial charge >= 0.3 is 103 Å². The molecular weight excluding hydrogens is 293 g/mol. The first-order valence-corrected chi connectivity index (χ1v) is 9.85. The van der Waals surface area contributed by atoms with E-state index in [1.54, 1.807) is 0 Å². The van der Waals surface area contributed by atoms with Crippen LogP contribution < -0.4 is 0 Å². The summed E-state index contributed by atoms with van der Waals surface area (Å²) in [5.41, 5.74) is 0. The summed E-state index contributed by atoms with van der Waals surface area (Å²) in [5, 5.41) is 0. The molecule has 15 heavy (non-hydrogen) atoms. The van der Waals surface area contributed by atoms with Gasteiger partial charge in [0.2, 0.25) is 0 Å². The Morgan fingerprint density at radius 1 is 1.07 bits per heavy atom. The molecule has 4 heteroatoms. The fourth-order valence-electron chi connectivity index (χ4n) is 2.48. The van der Waals surface area contributed by atoms with Gasteiger partial charge in [-0.2, -0.15) is 0 Å². The van der Waals surface area contributed by atoms with Crippen LogP contribution in [0.5, 0.6) is 0 Å². The van der Waals surface area contributed by atoms with Crippen LogP contribution in [0.15, 0.2) is 0 Å². The zero-order valence-electron chi connectivity index (χ0n) is 11.3. The van der Waals surface area contributed by atoms with E-state index in [2.05, 4.69) is 58.1 Å². The molecule has 0 aliphatic carbocycles. The Bertz CT molecular complexity index is 190. The van der Waals surface area contributed by atoms with Crippen molar-refractivity contribution in [2.24, 2.45) is 0 Å². The molecule has 0 spiro atoms. The van der Waals surface area contributed by atoms with Crippen molar-refractivity contribution in [3.63, 3.8) is 0 Å². The first-order valence-electron chi connectivity index (χ1n) is 6.02. The first kappa shape index (κ1) is 13.7. The molecule has 0 amide bonds. The van der Waals surface area contributed by atoms with Crippen molar-refractivity contribution in [3.8, 4) is 0 Å². The van der Waals surface area contributed by atoms with Crippen LogP contribution in [0.2, 0.25) is 0 Å². The third-order valence-electron chi connectivity index (χ3n) is 2.98. The van der Waals surface area contributed by atoms with Gasteiger partial charge in [0.05, 0.1) is 0 Å². The van der Waals surface area contributed by atoms with E-state index in [1.165, 1.54) is 6.42 Å². The van der Waals surface area contributed by atoms with E-state index in [-0.39, 0.29) is 0 Å². The molecule has 1 fully saturated rings. The molecule has 1 aliphatic rings. The normalized spacial score (nSPS) is 22.0. The number of nitrogens with zero attached hydrogens (tertiary/aromatic N) is 3. The molecule has 0 aromatic rings. The molecule has 0 atom stereocenters. The average Bonchev–Trinajstić information content (AvgIpc) is 1.99. The minimum atomic E-state index is -1.61. The van der Waals surface area contributed by atoms with Crippen molar-refractivity contribution in [2.75, 3.05) is 14.1 Å². The fraction of sp³-hybridized carbons (Fsp3) is 1.00. The van der Waals surface area contributed by atoms with Crippen molar-refractivity contribution in [1.82, 2.24) is 9.36 Å². The minimum absolute atomic E-state index is 0.710. The van der Waals surface area contributed by atoms with Gasteiger partial charge in [-0.15, -0.1) is 0 Å². The van der Waals surface area contributed by atoms with Crippen molar-refractivity contribution in [2.45, 2.75) is 59.3 Å². The Balaban J connectivity index is 2.80. The van der Waals surface area contributed by atoms with Crippen LogP contribution in [0, 0.1) is 0 Å². The summed E-state index contributed by atoms with van der Waals surface area (Å²) >= 11 is -1.61. The van der Waals surface area contributed by atoms with E-state index >= 15 is 0 Å². The summed E-state index contributed by atoms with van der Waals surface area (Å²) in [6.07, 6.45) is 1.97. The van der Waals surface area contributed by atoms with Crippen LogP contribution in [-0.4, -0.2) is 62.3 Å². The third kappa shape index (κ3) is 2.51. The van der Waals surface area contributed by atoms with Gasteiger partial charge in [0, 0.05) is 0 Å². The summed E-state index contributed by atoms with van der Waals surface area (Å²) in [7, 11) is 4.51. The Hall–Kier alpha value is 0.679. The molecule has 1 rings (SSSR count). The van der Waals surface area contributed by atoms with E-state index in [4.69, 9.17) is 0 Å². The predicted molar refractivity (Wildman–Crippen MR) is 67.5 cm³/mol. The Morgan fingerprint density at radius 3 is 1.67 bits per heavy atom. The van der Waals surface area contributed by atoms with E-state index in [0.717, 1.165) is 0 Å². The quantitative estimate of drug-likeness (QED) is 0.731. The second-order valence-electron chi connectivity index (χ2n) is 5.09. The monoisotopic (exact) mass is 320 g/mol. The van der Waals surface area contributed by atoms with Crippen LogP contribution in [0.25, 0.3) is 0 Å². The predicted octanol–water partition coefficient (Wildman–Crippen LogP) is 1.70. The second-order valence-corrected chi connectivity index (χ2v) is 12.3. The summed E-state index contributed by atoms with van der Waals surface area (Å²) in [4.78, 5) is 0. The molecule has 1 saturated heterocycles. The molecule has 0 unspecified atom stereocenters. The van der Waals surface area contributed by atoms with Gasteiger partial charge in [-0.25, -0.2) is 0 Å². The molecular formula is C11H26N3Sn. The van der Waals surface area contributed by atoms with Crippen LogP contribution in [0.3, 0.4) is 0 Å². The van der Waals surface area contributed by atoms with Gasteiger partial charge in [0.15, 0.2) is 0 Å². The molecule has 1 aliphatic heterocycles. The molecule has 0 N–H and O–H groups in total. The zero-order valence-corrected chi connectivity index (χ0v) is 14.1. The van der Waals surface area contributed by atoms with Crippen molar-refractivity contribution >= 4 is 20.6 Å². The Morgan fingerprint density at radius 2 is 1.47 bits per heavy atom. The molecule has 0 bridgehead atoms. The Kier molecular flexibility index (Phi) is 4.89. The number of hydrogen-bond donors (Lipinski definition) is 0. The zero-order chi connectivity index (χ0) is 11.7. The van der Waals surface area contributed by atoms with Gasteiger partial charge in [-0.05, 0) is 0 Å². The summed E-state index contributed by atoms with van der Waals surface area (Å²) in [6.45, 7) is 11.7. The topological polar surface area (TPSA) is 9.72 Å². The van der Waals surface area contributed by atoms with Crippen LogP contribution in [0.1, 0.15) is 41.0 Å². The summed E-state index contributed by atoms with van der Waals surface area (Å²) < 4.78 is 8.10. The standard InChI is InChI=1S/C9H20N2.C2H6N.Sn/c1-6-9(10-7(2)3)11-8(4)5;1-3-2;/h7-9H,6H2,1-5H3;1-2H3;/q-2;-1;+3. The molecule has 3 nitrogen and oxygen atoms in total. The molecule has 0 aromatic carbocycles. The van der Waals surface area contributed by atoms with Crippen LogP contribution >= 0.6 is 0 Å². The van der Waals surface area contributed by atoms with Gasteiger partial charge in [-0.3, -0.25) is 0 Å². The fourth-order valence-corrected chi connectivity index (χ4v) is 11.3. The van der Waals surface area contributed by atoms with E-state index in [9.17, 15) is 0 Å². The summed E-state index contributed by atoms with van der Waals surface area (Å²) in [5.74, 6) is 0. The van der Waals surface area contributed by atoms with Gasteiger partial charge in [0.25, 0.3) is 0 Å². The van der Waals surface area contributed by atoms with E-state index in [1.807, 2.05) is 0 Å². The van der Waals surface area contributed by atoms with Crippen LogP contribution in [0.4, 0.5) is 0 Å². The van der Waals surface area contributed by atoms with Crippen molar-refractivity contribution < 1.29 is 0 Å². The molecule has 1 heterocycles. The first-order chi connectivity index (χ1) is 6.91.